The highest BCUT2D eigenvalue weighted by molar-refractivity contribution is 5.88. The van der Waals surface area contributed by atoms with Crippen molar-refractivity contribution in [1.82, 2.24) is 14.8 Å². The molecule has 0 spiro atoms. The lowest BCUT2D eigenvalue weighted by atomic mass is 9.72. The molecule has 0 radical (unpaired) electrons. The van der Waals surface area contributed by atoms with E-state index in [0.717, 1.165) is 24.4 Å². The maximum Gasteiger partial charge on any atom is 0.226 e. The predicted molar refractivity (Wildman–Crippen MR) is 107 cm³/mol. The highest BCUT2D eigenvalue weighted by atomic mass is 16.1. The monoisotopic (exact) mass is 365 g/mol. The molecule has 1 aromatic carbocycles. The molecule has 6 nitrogen and oxygen atoms in total. The number of aromatic nitrogens is 3. The van der Waals surface area contributed by atoms with E-state index >= 15 is 0 Å². The van der Waals surface area contributed by atoms with Crippen LogP contribution in [0.2, 0.25) is 0 Å². The number of anilines is 2. The van der Waals surface area contributed by atoms with Crippen LogP contribution >= 0.6 is 0 Å². The van der Waals surface area contributed by atoms with Crippen LogP contribution in [0.5, 0.6) is 0 Å². The minimum atomic E-state index is -0.244. The Morgan fingerprint density at radius 1 is 1.22 bits per heavy atom. The minimum Gasteiger partial charge on any atom is -0.372 e. The Morgan fingerprint density at radius 2 is 1.93 bits per heavy atom. The van der Waals surface area contributed by atoms with Gasteiger partial charge in [-0.05, 0) is 37.0 Å². The number of carbonyl (C=O) groups excluding carboxylic acids is 1. The molecule has 0 saturated carbocycles. The van der Waals surface area contributed by atoms with E-state index in [1.165, 1.54) is 5.69 Å². The van der Waals surface area contributed by atoms with Gasteiger partial charge in [-0.1, -0.05) is 32.1 Å². The number of nitrogens with zero attached hydrogens (tertiary/aromatic N) is 4. The molecule has 2 atom stereocenters. The van der Waals surface area contributed by atoms with Crippen LogP contribution in [0.3, 0.4) is 0 Å². The first-order chi connectivity index (χ1) is 12.9. The molecule has 1 aromatic heterocycles. The van der Waals surface area contributed by atoms with Crippen LogP contribution in [0, 0.1) is 11.3 Å². The summed E-state index contributed by atoms with van der Waals surface area (Å²) in [6, 6.07) is 8.37. The minimum absolute atomic E-state index is 0.144. The number of nitrogens with one attached hydrogen (secondary N) is 1. The summed E-state index contributed by atoms with van der Waals surface area (Å²) < 4.78 is 1.85. The number of benzene rings is 1. The molecule has 0 bridgehead atoms. The van der Waals surface area contributed by atoms with Gasteiger partial charge in [0.15, 0.2) is 0 Å². The third kappa shape index (κ3) is 3.03. The average Bonchev–Trinajstić information content (AvgIpc) is 3.08. The Kier molecular flexibility index (Phi) is 4.29. The second kappa shape index (κ2) is 6.51. The van der Waals surface area contributed by atoms with Gasteiger partial charge < -0.3 is 10.2 Å². The molecule has 0 saturated heterocycles. The molecule has 0 fully saturated rings. The Morgan fingerprint density at radius 3 is 2.59 bits per heavy atom. The van der Waals surface area contributed by atoms with Crippen molar-refractivity contribution in [2.45, 2.75) is 40.2 Å². The van der Waals surface area contributed by atoms with E-state index in [1.54, 1.807) is 6.33 Å². The summed E-state index contributed by atoms with van der Waals surface area (Å²) in [5.74, 6) is 0.705. The maximum atomic E-state index is 13.1. The number of Topliss-reactive ketones (excluding diaryl/α,β-unsaturated/α-hetero) is 1. The lowest BCUT2D eigenvalue weighted by Crippen LogP contribution is -2.42. The van der Waals surface area contributed by atoms with Gasteiger partial charge in [0.1, 0.15) is 12.1 Å². The van der Waals surface area contributed by atoms with Gasteiger partial charge in [-0.2, -0.15) is 10.1 Å². The summed E-state index contributed by atoms with van der Waals surface area (Å²) in [5.41, 5.74) is 3.09. The van der Waals surface area contributed by atoms with E-state index in [4.69, 9.17) is 0 Å². The second-order valence-corrected chi connectivity index (χ2v) is 8.07. The third-order valence-electron chi connectivity index (χ3n) is 5.63. The first kappa shape index (κ1) is 17.8. The molecule has 0 amide bonds. The zero-order chi connectivity index (χ0) is 19.2. The van der Waals surface area contributed by atoms with E-state index in [9.17, 15) is 4.79 Å². The molecular weight excluding hydrogens is 338 g/mol. The van der Waals surface area contributed by atoms with Gasteiger partial charge in [-0.25, -0.2) is 4.68 Å². The molecule has 6 heteroatoms. The summed E-state index contributed by atoms with van der Waals surface area (Å²) in [4.78, 5) is 19.7. The van der Waals surface area contributed by atoms with Crippen LogP contribution in [-0.4, -0.2) is 33.6 Å². The van der Waals surface area contributed by atoms with Gasteiger partial charge >= 0.3 is 0 Å². The normalized spacial score (nSPS) is 23.1. The van der Waals surface area contributed by atoms with Gasteiger partial charge in [0.05, 0.1) is 12.0 Å². The van der Waals surface area contributed by atoms with Crippen molar-refractivity contribution in [2.24, 2.45) is 11.3 Å². The van der Waals surface area contributed by atoms with Crippen LogP contribution in [0.15, 0.2) is 42.4 Å². The number of ketones is 1. The van der Waals surface area contributed by atoms with Crippen LogP contribution in [0.25, 0.3) is 0 Å². The van der Waals surface area contributed by atoms with Crippen molar-refractivity contribution in [2.75, 3.05) is 23.3 Å². The number of carbonyl (C=O) groups is 1. The van der Waals surface area contributed by atoms with Crippen LogP contribution < -0.4 is 10.2 Å². The van der Waals surface area contributed by atoms with Crippen LogP contribution in [-0.2, 0) is 4.79 Å². The molecule has 1 aliphatic heterocycles. The predicted octanol–water partition coefficient (Wildman–Crippen LogP) is 3.64. The fraction of sp³-hybridized carbons (Fsp3) is 0.476. The van der Waals surface area contributed by atoms with Crippen LogP contribution in [0.1, 0.15) is 45.7 Å². The number of hydrogen-bond donors (Lipinski definition) is 1. The second-order valence-electron chi connectivity index (χ2n) is 8.07. The van der Waals surface area contributed by atoms with Gasteiger partial charge in [0.25, 0.3) is 0 Å². The Balaban J connectivity index is 1.78. The van der Waals surface area contributed by atoms with E-state index in [-0.39, 0.29) is 23.2 Å². The summed E-state index contributed by atoms with van der Waals surface area (Å²) in [6.45, 7) is 10.5. The lowest BCUT2D eigenvalue weighted by Gasteiger charge is -2.40. The highest BCUT2D eigenvalue weighted by Gasteiger charge is 2.44. The fourth-order valence-electron chi connectivity index (χ4n) is 4.37. The van der Waals surface area contributed by atoms with Gasteiger partial charge in [0, 0.05) is 30.9 Å². The van der Waals surface area contributed by atoms with Crippen molar-refractivity contribution in [3.8, 4) is 0 Å². The molecule has 27 heavy (non-hydrogen) atoms. The summed E-state index contributed by atoms with van der Waals surface area (Å²) >= 11 is 0. The summed E-state index contributed by atoms with van der Waals surface area (Å²) in [5, 5.41) is 7.75. The topological polar surface area (TPSA) is 63.1 Å². The largest absolute Gasteiger partial charge is 0.372 e. The zero-order valence-electron chi connectivity index (χ0n) is 16.4. The van der Waals surface area contributed by atoms with Crippen molar-refractivity contribution in [3.05, 3.63) is 47.9 Å². The van der Waals surface area contributed by atoms with Gasteiger partial charge in [-0.15, -0.1) is 0 Å². The Labute approximate surface area is 160 Å². The molecule has 142 valence electrons. The van der Waals surface area contributed by atoms with Crippen molar-refractivity contribution >= 4 is 17.4 Å². The number of fused-ring (bicyclic) bond motifs is 2. The quantitative estimate of drug-likeness (QED) is 0.896. The van der Waals surface area contributed by atoms with E-state index in [1.807, 2.05) is 4.68 Å². The fourth-order valence-corrected chi connectivity index (χ4v) is 4.37. The summed E-state index contributed by atoms with van der Waals surface area (Å²) in [7, 11) is 0. The smallest absolute Gasteiger partial charge is 0.226 e. The van der Waals surface area contributed by atoms with E-state index < -0.39 is 0 Å². The van der Waals surface area contributed by atoms with E-state index in [0.29, 0.717) is 12.4 Å². The zero-order valence-corrected chi connectivity index (χ0v) is 16.4. The number of allylic oxidation sites excluding steroid dienone is 2. The van der Waals surface area contributed by atoms with Crippen LogP contribution in [0.4, 0.5) is 11.6 Å². The maximum absolute atomic E-state index is 13.1. The molecule has 1 N–H and O–H groups in total. The molecule has 4 rings (SSSR count). The van der Waals surface area contributed by atoms with Crippen molar-refractivity contribution in [1.29, 1.82) is 0 Å². The standard InChI is InChI=1S/C21H27N5O/c1-5-25(6-2)15-9-7-14(8-10-15)19-18-16(11-21(3,4)12-17(18)27)24-20-22-13-23-26(19)20/h7-11,13,18-19H,5-6,12H2,1-4H3,(H,22,23,24)/t18-,19-/m0/s1. The SMILES string of the molecule is CCN(CC)c1ccc([C@H]2[C@@H]3C(=O)CC(C)(C)C=C3Nc3ncnn32)cc1. The van der Waals surface area contributed by atoms with Crippen molar-refractivity contribution < 1.29 is 4.79 Å². The molecule has 2 heterocycles. The lowest BCUT2D eigenvalue weighted by molar-refractivity contribution is -0.125. The van der Waals surface area contributed by atoms with Gasteiger partial charge in [-0.3, -0.25) is 4.79 Å². The summed E-state index contributed by atoms with van der Waals surface area (Å²) in [6.07, 6.45) is 4.28. The molecule has 2 aliphatic rings. The highest BCUT2D eigenvalue weighted by Crippen LogP contribution is 2.45. The van der Waals surface area contributed by atoms with Crippen molar-refractivity contribution in [3.63, 3.8) is 0 Å². The molecule has 2 aromatic rings. The third-order valence-corrected chi connectivity index (χ3v) is 5.63. The molecule has 1 aliphatic carbocycles. The number of hydrogen-bond acceptors (Lipinski definition) is 5. The average molecular weight is 365 g/mol. The Bertz CT molecular complexity index is 876. The first-order valence-electron chi connectivity index (χ1n) is 9.70. The van der Waals surface area contributed by atoms with E-state index in [2.05, 4.69) is 78.3 Å². The van der Waals surface area contributed by atoms with Gasteiger partial charge in [0.2, 0.25) is 5.95 Å². The molecule has 0 unspecified atom stereocenters. The first-order valence-corrected chi connectivity index (χ1v) is 9.70. The Hall–Kier alpha value is -2.63. The molecular formula is C21H27N5O. The number of rotatable bonds is 4.